The third kappa shape index (κ3) is 5.24. The van der Waals surface area contributed by atoms with E-state index in [4.69, 9.17) is 9.47 Å². The first-order valence-electron chi connectivity index (χ1n) is 8.62. The number of methoxy groups -OCH3 is 1. The van der Waals surface area contributed by atoms with Crippen LogP contribution in [0.2, 0.25) is 0 Å². The topological polar surface area (TPSA) is 47.6 Å². The summed E-state index contributed by atoms with van der Waals surface area (Å²) in [7, 11) is 1.64. The molecule has 0 spiro atoms. The van der Waals surface area contributed by atoms with Crippen LogP contribution in [0.4, 0.5) is 0 Å². The first-order valence-corrected chi connectivity index (χ1v) is 8.62. The number of carbonyl (C=O) groups excluding carboxylic acids is 1. The van der Waals surface area contributed by atoms with Crippen LogP contribution in [0.1, 0.15) is 43.0 Å². The third-order valence-electron chi connectivity index (χ3n) is 4.11. The first-order chi connectivity index (χ1) is 11.9. The molecule has 0 aliphatic heterocycles. The second kappa shape index (κ2) is 8.56. The molecule has 4 heteroatoms. The minimum atomic E-state index is -0.512. The van der Waals surface area contributed by atoms with Crippen LogP contribution in [0, 0.1) is 13.8 Å². The normalized spacial score (nSPS) is 13.0. The SMILES string of the molecule is CC[C@H](Oc1cc(C)cc(C)c1)C(=O)N[C@@H](C)c1ccc(OC)cc1. The van der Waals surface area contributed by atoms with Crippen LogP contribution >= 0.6 is 0 Å². The van der Waals surface area contributed by atoms with Crippen LogP contribution in [0.25, 0.3) is 0 Å². The van der Waals surface area contributed by atoms with Gasteiger partial charge in [0.15, 0.2) is 6.10 Å². The van der Waals surface area contributed by atoms with Crippen molar-refractivity contribution in [3.63, 3.8) is 0 Å². The highest BCUT2D eigenvalue weighted by Gasteiger charge is 2.21. The van der Waals surface area contributed by atoms with Crippen LogP contribution < -0.4 is 14.8 Å². The molecular formula is C21H27NO3. The van der Waals surface area contributed by atoms with E-state index in [1.54, 1.807) is 7.11 Å². The number of aryl methyl sites for hydroxylation is 2. The van der Waals surface area contributed by atoms with Gasteiger partial charge >= 0.3 is 0 Å². The van der Waals surface area contributed by atoms with Gasteiger partial charge < -0.3 is 14.8 Å². The monoisotopic (exact) mass is 341 g/mol. The highest BCUT2D eigenvalue weighted by atomic mass is 16.5. The fourth-order valence-corrected chi connectivity index (χ4v) is 2.77. The van der Waals surface area contributed by atoms with Crippen molar-refractivity contribution in [2.24, 2.45) is 0 Å². The van der Waals surface area contributed by atoms with Gasteiger partial charge in [0, 0.05) is 0 Å². The molecule has 25 heavy (non-hydrogen) atoms. The van der Waals surface area contributed by atoms with Gasteiger partial charge in [0.05, 0.1) is 13.2 Å². The minimum absolute atomic E-state index is 0.102. The number of nitrogens with one attached hydrogen (secondary N) is 1. The Morgan fingerprint density at radius 3 is 2.16 bits per heavy atom. The summed E-state index contributed by atoms with van der Waals surface area (Å²) in [5.41, 5.74) is 3.27. The molecule has 0 saturated heterocycles. The van der Waals surface area contributed by atoms with Gasteiger partial charge in [-0.25, -0.2) is 0 Å². The van der Waals surface area contributed by atoms with Gasteiger partial charge in [0.2, 0.25) is 0 Å². The van der Waals surface area contributed by atoms with E-state index in [1.165, 1.54) is 0 Å². The Hall–Kier alpha value is -2.49. The van der Waals surface area contributed by atoms with Crippen molar-refractivity contribution in [1.29, 1.82) is 0 Å². The molecule has 2 rings (SSSR count). The fourth-order valence-electron chi connectivity index (χ4n) is 2.77. The summed E-state index contributed by atoms with van der Waals surface area (Å²) in [5.74, 6) is 1.42. The van der Waals surface area contributed by atoms with Crippen LogP contribution in [-0.2, 0) is 4.79 Å². The summed E-state index contributed by atoms with van der Waals surface area (Å²) < 4.78 is 11.1. The summed E-state index contributed by atoms with van der Waals surface area (Å²) in [6.07, 6.45) is 0.0932. The van der Waals surface area contributed by atoms with Gasteiger partial charge in [0.25, 0.3) is 5.91 Å². The number of carbonyl (C=O) groups is 1. The van der Waals surface area contributed by atoms with Crippen molar-refractivity contribution in [3.8, 4) is 11.5 Å². The molecule has 0 bridgehead atoms. The summed E-state index contributed by atoms with van der Waals surface area (Å²) in [6, 6.07) is 13.6. The molecule has 2 aromatic rings. The van der Waals surface area contributed by atoms with Crippen molar-refractivity contribution in [1.82, 2.24) is 5.32 Å². The molecule has 0 unspecified atom stereocenters. The Kier molecular flexibility index (Phi) is 6.45. The van der Waals surface area contributed by atoms with Gasteiger partial charge in [-0.15, -0.1) is 0 Å². The molecule has 0 heterocycles. The molecule has 0 aliphatic carbocycles. The lowest BCUT2D eigenvalue weighted by Crippen LogP contribution is -2.39. The molecule has 0 radical (unpaired) electrons. The zero-order valence-corrected chi connectivity index (χ0v) is 15.6. The van der Waals surface area contributed by atoms with E-state index in [-0.39, 0.29) is 11.9 Å². The molecule has 0 saturated carbocycles. The molecule has 2 atom stereocenters. The fraction of sp³-hybridized carbons (Fsp3) is 0.381. The number of benzene rings is 2. The van der Waals surface area contributed by atoms with Crippen molar-refractivity contribution in [2.45, 2.75) is 46.3 Å². The Balaban J connectivity index is 2.03. The van der Waals surface area contributed by atoms with Crippen LogP contribution in [-0.4, -0.2) is 19.1 Å². The molecule has 0 aromatic heterocycles. The molecule has 1 N–H and O–H groups in total. The van der Waals surface area contributed by atoms with Gasteiger partial charge in [0.1, 0.15) is 11.5 Å². The predicted molar refractivity (Wildman–Crippen MR) is 100 cm³/mol. The van der Waals surface area contributed by atoms with E-state index >= 15 is 0 Å². The van der Waals surface area contributed by atoms with Crippen LogP contribution in [0.3, 0.4) is 0 Å². The lowest BCUT2D eigenvalue weighted by Gasteiger charge is -2.21. The average Bonchev–Trinajstić information content (AvgIpc) is 2.58. The standard InChI is InChI=1S/C21H27NO3/c1-6-20(25-19-12-14(2)11-15(3)13-19)21(23)22-16(4)17-7-9-18(24-5)10-8-17/h7-13,16,20H,6H2,1-5H3,(H,22,23)/t16-,20-/m0/s1. The molecule has 2 aromatic carbocycles. The number of amides is 1. The van der Waals surface area contributed by atoms with Crippen molar-refractivity contribution < 1.29 is 14.3 Å². The number of rotatable bonds is 7. The maximum Gasteiger partial charge on any atom is 0.261 e. The highest BCUT2D eigenvalue weighted by molar-refractivity contribution is 5.81. The lowest BCUT2D eigenvalue weighted by molar-refractivity contribution is -0.128. The molecule has 0 fully saturated rings. The molecule has 4 nitrogen and oxygen atoms in total. The molecule has 134 valence electrons. The number of hydrogen-bond donors (Lipinski definition) is 1. The van der Waals surface area contributed by atoms with Gasteiger partial charge in [-0.3, -0.25) is 4.79 Å². The maximum atomic E-state index is 12.6. The predicted octanol–water partition coefficient (Wildman–Crippen LogP) is 4.35. The Morgan fingerprint density at radius 2 is 1.64 bits per heavy atom. The zero-order chi connectivity index (χ0) is 18.4. The second-order valence-corrected chi connectivity index (χ2v) is 6.34. The van der Waals surface area contributed by atoms with Crippen LogP contribution in [0.15, 0.2) is 42.5 Å². The quantitative estimate of drug-likeness (QED) is 0.814. The smallest absolute Gasteiger partial charge is 0.261 e. The second-order valence-electron chi connectivity index (χ2n) is 6.34. The first kappa shape index (κ1) is 18.8. The zero-order valence-electron chi connectivity index (χ0n) is 15.6. The van der Waals surface area contributed by atoms with Crippen molar-refractivity contribution in [2.75, 3.05) is 7.11 Å². The molecule has 1 amide bonds. The summed E-state index contributed by atoms with van der Waals surface area (Å²) in [5, 5.41) is 3.03. The maximum absolute atomic E-state index is 12.6. The van der Waals surface area contributed by atoms with E-state index in [0.717, 1.165) is 28.2 Å². The number of ether oxygens (including phenoxy) is 2. The number of hydrogen-bond acceptors (Lipinski definition) is 3. The average molecular weight is 341 g/mol. The third-order valence-corrected chi connectivity index (χ3v) is 4.11. The van der Waals surface area contributed by atoms with Crippen LogP contribution in [0.5, 0.6) is 11.5 Å². The van der Waals surface area contributed by atoms with E-state index in [0.29, 0.717) is 6.42 Å². The summed E-state index contributed by atoms with van der Waals surface area (Å²) in [6.45, 7) is 7.95. The van der Waals surface area contributed by atoms with Crippen molar-refractivity contribution >= 4 is 5.91 Å². The van der Waals surface area contributed by atoms with Crippen molar-refractivity contribution in [3.05, 3.63) is 59.2 Å². The Bertz CT molecular complexity index is 689. The highest BCUT2D eigenvalue weighted by Crippen LogP contribution is 2.20. The van der Waals surface area contributed by atoms with E-state index < -0.39 is 6.10 Å². The van der Waals surface area contributed by atoms with E-state index in [9.17, 15) is 4.79 Å². The summed E-state index contributed by atoms with van der Waals surface area (Å²) in [4.78, 5) is 12.6. The Labute approximate surface area is 150 Å². The lowest BCUT2D eigenvalue weighted by atomic mass is 10.1. The Morgan fingerprint density at radius 1 is 1.04 bits per heavy atom. The van der Waals surface area contributed by atoms with E-state index in [1.807, 2.05) is 64.1 Å². The van der Waals surface area contributed by atoms with E-state index in [2.05, 4.69) is 11.4 Å². The molecule has 0 aliphatic rings. The van der Waals surface area contributed by atoms with Gasteiger partial charge in [-0.05, 0) is 68.1 Å². The summed E-state index contributed by atoms with van der Waals surface area (Å²) >= 11 is 0. The minimum Gasteiger partial charge on any atom is -0.497 e. The van der Waals surface area contributed by atoms with Gasteiger partial charge in [-0.1, -0.05) is 25.1 Å². The van der Waals surface area contributed by atoms with Gasteiger partial charge in [-0.2, -0.15) is 0 Å². The largest absolute Gasteiger partial charge is 0.497 e. The molecular weight excluding hydrogens is 314 g/mol.